The van der Waals surface area contributed by atoms with Crippen molar-refractivity contribution in [2.24, 2.45) is 7.05 Å². The first-order chi connectivity index (χ1) is 8.27. The summed E-state index contributed by atoms with van der Waals surface area (Å²) < 4.78 is 2.14. The van der Waals surface area contributed by atoms with E-state index < -0.39 is 0 Å². The van der Waals surface area contributed by atoms with Gasteiger partial charge in [-0.3, -0.25) is 0 Å². The van der Waals surface area contributed by atoms with Crippen molar-refractivity contribution in [1.82, 2.24) is 9.88 Å². The third-order valence-electron chi connectivity index (χ3n) is 3.67. The molecule has 1 aromatic carbocycles. The van der Waals surface area contributed by atoms with Crippen LogP contribution in [-0.4, -0.2) is 11.1 Å². The van der Waals surface area contributed by atoms with Gasteiger partial charge in [-0.05, 0) is 24.9 Å². The number of rotatable bonds is 1. The number of hydrogen-bond donors (Lipinski definition) is 1. The summed E-state index contributed by atoms with van der Waals surface area (Å²) in [7, 11) is 2.07. The molecule has 0 saturated carbocycles. The van der Waals surface area contributed by atoms with Crippen LogP contribution in [0, 0.1) is 0 Å². The Morgan fingerprint density at radius 1 is 1.35 bits per heavy atom. The first-order valence-electron chi connectivity index (χ1n) is 6.24. The Labute approximate surface area is 107 Å². The minimum atomic E-state index is 0.483. The van der Waals surface area contributed by atoms with Crippen molar-refractivity contribution in [2.45, 2.75) is 25.3 Å². The number of aryl methyl sites for hydroxylation is 1. The van der Waals surface area contributed by atoms with Gasteiger partial charge in [0.1, 0.15) is 0 Å². The summed E-state index contributed by atoms with van der Waals surface area (Å²) >= 11 is 6.25. The highest BCUT2D eigenvalue weighted by molar-refractivity contribution is 6.35. The molecular weight excluding hydrogens is 232 g/mol. The molecule has 0 radical (unpaired) electrons. The largest absolute Gasteiger partial charge is 0.349 e. The Bertz CT molecular complexity index is 538. The SMILES string of the molecule is Cn1cc(Cl)c2cccc(C3CCCCN3)c21. The summed E-state index contributed by atoms with van der Waals surface area (Å²) in [6, 6.07) is 6.92. The van der Waals surface area contributed by atoms with Crippen molar-refractivity contribution in [3.05, 3.63) is 35.0 Å². The normalized spacial score (nSPS) is 20.9. The number of fused-ring (bicyclic) bond motifs is 1. The number of hydrogen-bond acceptors (Lipinski definition) is 1. The fraction of sp³-hybridized carbons (Fsp3) is 0.429. The van der Waals surface area contributed by atoms with Gasteiger partial charge in [0.05, 0.1) is 10.5 Å². The van der Waals surface area contributed by atoms with E-state index in [-0.39, 0.29) is 0 Å². The molecule has 1 unspecified atom stereocenters. The van der Waals surface area contributed by atoms with E-state index in [9.17, 15) is 0 Å². The maximum Gasteiger partial charge on any atom is 0.0661 e. The van der Waals surface area contributed by atoms with Crippen LogP contribution in [0.3, 0.4) is 0 Å². The van der Waals surface area contributed by atoms with E-state index in [1.54, 1.807) is 0 Å². The first kappa shape index (κ1) is 11.1. The van der Waals surface area contributed by atoms with Crippen molar-refractivity contribution in [3.8, 4) is 0 Å². The molecule has 90 valence electrons. The zero-order valence-electron chi connectivity index (χ0n) is 10.0. The topological polar surface area (TPSA) is 17.0 Å². The number of piperidine rings is 1. The van der Waals surface area contributed by atoms with Crippen LogP contribution < -0.4 is 5.32 Å². The van der Waals surface area contributed by atoms with Gasteiger partial charge < -0.3 is 9.88 Å². The number of benzene rings is 1. The smallest absolute Gasteiger partial charge is 0.0661 e. The number of para-hydroxylation sites is 1. The molecular formula is C14H17ClN2. The van der Waals surface area contributed by atoms with Gasteiger partial charge in [0.15, 0.2) is 0 Å². The molecule has 1 aliphatic rings. The van der Waals surface area contributed by atoms with E-state index in [1.165, 1.54) is 35.7 Å². The molecule has 2 heterocycles. The Balaban J connectivity index is 2.15. The van der Waals surface area contributed by atoms with E-state index in [4.69, 9.17) is 11.6 Å². The predicted molar refractivity (Wildman–Crippen MR) is 72.5 cm³/mol. The highest BCUT2D eigenvalue weighted by Crippen LogP contribution is 2.33. The number of halogens is 1. The second-order valence-corrected chi connectivity index (χ2v) is 5.24. The molecule has 0 bridgehead atoms. The zero-order valence-corrected chi connectivity index (χ0v) is 10.8. The molecule has 1 fully saturated rings. The van der Waals surface area contributed by atoms with Crippen LogP contribution in [-0.2, 0) is 7.05 Å². The number of nitrogens with zero attached hydrogens (tertiary/aromatic N) is 1. The second-order valence-electron chi connectivity index (χ2n) is 4.83. The standard InChI is InChI=1S/C14H17ClN2/c1-17-9-12(15)10-5-4-6-11(14(10)17)13-7-2-3-8-16-13/h4-6,9,13,16H,2-3,7-8H2,1H3. The lowest BCUT2D eigenvalue weighted by atomic mass is 9.96. The predicted octanol–water partition coefficient (Wildman–Crippen LogP) is 3.65. The fourth-order valence-electron chi connectivity index (χ4n) is 2.85. The van der Waals surface area contributed by atoms with Crippen molar-refractivity contribution < 1.29 is 0 Å². The number of aromatic nitrogens is 1. The van der Waals surface area contributed by atoms with Crippen LogP contribution in [0.25, 0.3) is 10.9 Å². The van der Waals surface area contributed by atoms with Crippen molar-refractivity contribution in [3.63, 3.8) is 0 Å². The molecule has 0 aliphatic carbocycles. The molecule has 1 aromatic heterocycles. The summed E-state index contributed by atoms with van der Waals surface area (Å²) in [4.78, 5) is 0. The molecule has 2 nitrogen and oxygen atoms in total. The fourth-order valence-corrected chi connectivity index (χ4v) is 3.15. The van der Waals surface area contributed by atoms with E-state index in [0.29, 0.717) is 6.04 Å². The molecule has 2 aromatic rings. The van der Waals surface area contributed by atoms with Gasteiger partial charge in [-0.1, -0.05) is 36.2 Å². The molecule has 1 atom stereocenters. The van der Waals surface area contributed by atoms with Gasteiger partial charge in [-0.25, -0.2) is 0 Å². The minimum absolute atomic E-state index is 0.483. The summed E-state index contributed by atoms with van der Waals surface area (Å²) in [5.74, 6) is 0. The lowest BCUT2D eigenvalue weighted by molar-refractivity contribution is 0.413. The van der Waals surface area contributed by atoms with Crippen LogP contribution in [0.2, 0.25) is 5.02 Å². The maximum absolute atomic E-state index is 6.25. The summed E-state index contributed by atoms with van der Waals surface area (Å²) in [5.41, 5.74) is 2.66. The molecule has 3 rings (SSSR count). The Kier molecular flexibility index (Phi) is 2.85. The molecule has 3 heteroatoms. The van der Waals surface area contributed by atoms with Gasteiger partial charge in [-0.15, -0.1) is 0 Å². The second kappa shape index (κ2) is 4.35. The van der Waals surface area contributed by atoms with Gasteiger partial charge in [0.25, 0.3) is 0 Å². The average Bonchev–Trinajstić information content (AvgIpc) is 2.66. The van der Waals surface area contributed by atoms with Gasteiger partial charge in [0, 0.05) is 24.7 Å². The Morgan fingerprint density at radius 2 is 2.24 bits per heavy atom. The Hall–Kier alpha value is -0.990. The molecule has 17 heavy (non-hydrogen) atoms. The van der Waals surface area contributed by atoms with Crippen molar-refractivity contribution in [2.75, 3.05) is 6.54 Å². The highest BCUT2D eigenvalue weighted by atomic mass is 35.5. The van der Waals surface area contributed by atoms with E-state index >= 15 is 0 Å². The van der Waals surface area contributed by atoms with E-state index in [1.807, 2.05) is 6.20 Å². The highest BCUT2D eigenvalue weighted by Gasteiger charge is 2.19. The van der Waals surface area contributed by atoms with Crippen LogP contribution in [0.1, 0.15) is 30.9 Å². The third kappa shape index (κ3) is 1.85. The summed E-state index contributed by atoms with van der Waals surface area (Å²) in [5, 5.41) is 5.62. The van der Waals surface area contributed by atoms with Crippen LogP contribution >= 0.6 is 11.6 Å². The molecule has 1 saturated heterocycles. The van der Waals surface area contributed by atoms with Crippen LogP contribution in [0.4, 0.5) is 0 Å². The zero-order chi connectivity index (χ0) is 11.8. The van der Waals surface area contributed by atoms with Crippen molar-refractivity contribution in [1.29, 1.82) is 0 Å². The minimum Gasteiger partial charge on any atom is -0.349 e. The van der Waals surface area contributed by atoms with E-state index in [2.05, 4.69) is 35.1 Å². The first-order valence-corrected chi connectivity index (χ1v) is 6.62. The van der Waals surface area contributed by atoms with Gasteiger partial charge >= 0.3 is 0 Å². The molecule has 0 amide bonds. The Morgan fingerprint density at radius 3 is 3.00 bits per heavy atom. The average molecular weight is 249 g/mol. The lowest BCUT2D eigenvalue weighted by Gasteiger charge is -2.24. The summed E-state index contributed by atoms with van der Waals surface area (Å²) in [6.07, 6.45) is 5.83. The van der Waals surface area contributed by atoms with Gasteiger partial charge in [-0.2, -0.15) is 0 Å². The van der Waals surface area contributed by atoms with E-state index in [0.717, 1.165) is 11.6 Å². The number of nitrogens with one attached hydrogen (secondary N) is 1. The summed E-state index contributed by atoms with van der Waals surface area (Å²) in [6.45, 7) is 1.12. The molecule has 1 aliphatic heterocycles. The maximum atomic E-state index is 6.25. The van der Waals surface area contributed by atoms with Gasteiger partial charge in [0.2, 0.25) is 0 Å². The third-order valence-corrected chi connectivity index (χ3v) is 3.97. The monoisotopic (exact) mass is 248 g/mol. The molecule has 0 spiro atoms. The molecule has 1 N–H and O–H groups in total. The van der Waals surface area contributed by atoms with Crippen LogP contribution in [0.5, 0.6) is 0 Å². The van der Waals surface area contributed by atoms with Crippen LogP contribution in [0.15, 0.2) is 24.4 Å². The quantitative estimate of drug-likeness (QED) is 0.815. The van der Waals surface area contributed by atoms with Crippen molar-refractivity contribution >= 4 is 22.5 Å². The lowest BCUT2D eigenvalue weighted by Crippen LogP contribution is -2.27.